The fraction of sp³-hybridized carbons (Fsp3) is 0.217. The van der Waals surface area contributed by atoms with E-state index in [1.54, 1.807) is 17.5 Å². The van der Waals surface area contributed by atoms with Gasteiger partial charge < -0.3 is 9.88 Å². The normalized spacial score (nSPS) is 11.7. The number of hydrogen-bond donors (Lipinski definition) is 1. The second-order valence-corrected chi connectivity index (χ2v) is 8.53. The molecule has 0 unspecified atom stereocenters. The molecule has 0 atom stereocenters. The number of benzene rings is 1. The van der Waals surface area contributed by atoms with Crippen molar-refractivity contribution < 1.29 is 18.0 Å². The van der Waals surface area contributed by atoms with Crippen LogP contribution in [0.2, 0.25) is 0 Å². The highest BCUT2D eigenvalue weighted by Crippen LogP contribution is 2.31. The van der Waals surface area contributed by atoms with Gasteiger partial charge in [-0.05, 0) is 48.9 Å². The quantitative estimate of drug-likeness (QED) is 0.431. The highest BCUT2D eigenvalue weighted by atomic mass is 32.1. The predicted molar refractivity (Wildman–Crippen MR) is 115 cm³/mol. The van der Waals surface area contributed by atoms with Crippen molar-refractivity contribution >= 4 is 27.5 Å². The number of alkyl halides is 3. The fourth-order valence-corrected chi connectivity index (χ4v) is 4.41. The average molecular weight is 443 g/mol. The molecule has 0 aliphatic heterocycles. The number of rotatable bonds is 6. The topological polar surface area (TPSA) is 46.9 Å². The van der Waals surface area contributed by atoms with E-state index in [0.717, 1.165) is 32.9 Å². The van der Waals surface area contributed by atoms with Gasteiger partial charge in [-0.2, -0.15) is 13.2 Å². The summed E-state index contributed by atoms with van der Waals surface area (Å²) in [6.45, 7) is 2.73. The minimum absolute atomic E-state index is 0.219. The molecule has 0 aliphatic rings. The molecular formula is C23H20F3N3OS. The number of pyridine rings is 1. The van der Waals surface area contributed by atoms with Crippen molar-refractivity contribution in [3.8, 4) is 0 Å². The third-order valence-electron chi connectivity index (χ3n) is 4.96. The smallest absolute Gasteiger partial charge is 0.350 e. The molecule has 4 rings (SSSR count). The SMILES string of the molecule is Cc1cc2c(cc(C(=O)NCCc3ccccn3)n2Cc2ccc(C(F)(F)F)cc2)s1. The molecule has 3 heterocycles. The van der Waals surface area contributed by atoms with Crippen LogP contribution in [0.4, 0.5) is 13.2 Å². The minimum Gasteiger partial charge on any atom is -0.350 e. The first kappa shape index (κ1) is 21.1. The first-order chi connectivity index (χ1) is 14.8. The molecule has 0 bridgehead atoms. The molecule has 1 amide bonds. The molecule has 0 spiro atoms. The third-order valence-corrected chi connectivity index (χ3v) is 5.95. The van der Waals surface area contributed by atoms with Crippen LogP contribution in [-0.4, -0.2) is 22.0 Å². The van der Waals surface area contributed by atoms with Crippen LogP contribution in [0.3, 0.4) is 0 Å². The van der Waals surface area contributed by atoms with Gasteiger partial charge >= 0.3 is 6.18 Å². The lowest BCUT2D eigenvalue weighted by Crippen LogP contribution is -2.28. The number of carbonyl (C=O) groups is 1. The molecule has 0 saturated carbocycles. The van der Waals surface area contributed by atoms with Crippen molar-refractivity contribution in [2.75, 3.05) is 6.54 Å². The zero-order valence-corrected chi connectivity index (χ0v) is 17.6. The largest absolute Gasteiger partial charge is 0.416 e. The first-order valence-corrected chi connectivity index (χ1v) is 10.6. The van der Waals surface area contributed by atoms with Gasteiger partial charge in [-0.25, -0.2) is 0 Å². The van der Waals surface area contributed by atoms with E-state index >= 15 is 0 Å². The molecule has 4 aromatic rings. The van der Waals surface area contributed by atoms with E-state index in [-0.39, 0.29) is 5.91 Å². The Kier molecular flexibility index (Phi) is 5.82. The molecule has 160 valence electrons. The lowest BCUT2D eigenvalue weighted by atomic mass is 10.1. The maximum atomic E-state index is 12.9. The molecule has 4 nitrogen and oxygen atoms in total. The number of hydrogen-bond acceptors (Lipinski definition) is 3. The van der Waals surface area contributed by atoms with Crippen LogP contribution in [0.5, 0.6) is 0 Å². The van der Waals surface area contributed by atoms with Gasteiger partial charge in [-0.15, -0.1) is 11.3 Å². The van der Waals surface area contributed by atoms with Crippen molar-refractivity contribution in [2.45, 2.75) is 26.1 Å². The summed E-state index contributed by atoms with van der Waals surface area (Å²) in [7, 11) is 0. The Morgan fingerprint density at radius 1 is 1.13 bits per heavy atom. The lowest BCUT2D eigenvalue weighted by Gasteiger charge is -2.12. The fourth-order valence-electron chi connectivity index (χ4n) is 3.45. The molecule has 3 aromatic heterocycles. The second kappa shape index (κ2) is 8.55. The van der Waals surface area contributed by atoms with Gasteiger partial charge in [-0.1, -0.05) is 18.2 Å². The second-order valence-electron chi connectivity index (χ2n) is 7.24. The summed E-state index contributed by atoms with van der Waals surface area (Å²) in [4.78, 5) is 18.2. The number of halogens is 3. The van der Waals surface area contributed by atoms with Crippen molar-refractivity contribution in [2.24, 2.45) is 0 Å². The van der Waals surface area contributed by atoms with Crippen LogP contribution in [0.1, 0.15) is 32.2 Å². The molecular weight excluding hydrogens is 423 g/mol. The van der Waals surface area contributed by atoms with Crippen LogP contribution in [0, 0.1) is 6.92 Å². The summed E-state index contributed by atoms with van der Waals surface area (Å²) < 4.78 is 41.4. The van der Waals surface area contributed by atoms with E-state index < -0.39 is 11.7 Å². The van der Waals surface area contributed by atoms with E-state index in [1.807, 2.05) is 41.8 Å². The Balaban J connectivity index is 1.55. The molecule has 31 heavy (non-hydrogen) atoms. The van der Waals surface area contributed by atoms with Crippen LogP contribution in [0.15, 0.2) is 60.8 Å². The van der Waals surface area contributed by atoms with Gasteiger partial charge in [0.15, 0.2) is 0 Å². The molecule has 0 aliphatic carbocycles. The van der Waals surface area contributed by atoms with Gasteiger partial charge in [-0.3, -0.25) is 9.78 Å². The first-order valence-electron chi connectivity index (χ1n) is 9.75. The Morgan fingerprint density at radius 3 is 2.58 bits per heavy atom. The van der Waals surface area contributed by atoms with E-state index in [2.05, 4.69) is 10.3 Å². The highest BCUT2D eigenvalue weighted by Gasteiger charge is 2.30. The van der Waals surface area contributed by atoms with Crippen molar-refractivity contribution in [3.63, 3.8) is 0 Å². The maximum absolute atomic E-state index is 12.9. The Hall–Kier alpha value is -3.13. The standard InChI is InChI=1S/C23H20F3N3OS/c1-15-12-19-21(31-15)13-20(22(30)28-11-9-18-4-2-3-10-27-18)29(19)14-16-5-7-17(8-6-16)23(24,25)26/h2-8,10,12-13H,9,11,14H2,1H3,(H,28,30). The molecule has 0 fully saturated rings. The summed E-state index contributed by atoms with van der Waals surface area (Å²) >= 11 is 1.58. The maximum Gasteiger partial charge on any atom is 0.416 e. The van der Waals surface area contributed by atoms with E-state index in [1.165, 1.54) is 12.1 Å². The van der Waals surface area contributed by atoms with E-state index in [9.17, 15) is 18.0 Å². The number of fused-ring (bicyclic) bond motifs is 1. The predicted octanol–water partition coefficient (Wildman–Crippen LogP) is 5.45. The number of aryl methyl sites for hydroxylation is 1. The number of amides is 1. The summed E-state index contributed by atoms with van der Waals surface area (Å²) in [6, 6.07) is 14.5. The molecule has 8 heteroatoms. The number of nitrogens with zero attached hydrogens (tertiary/aromatic N) is 2. The monoisotopic (exact) mass is 443 g/mol. The Labute approximate surface area is 181 Å². The number of nitrogens with one attached hydrogen (secondary N) is 1. The van der Waals surface area contributed by atoms with Crippen molar-refractivity contribution in [1.82, 2.24) is 14.9 Å². The van der Waals surface area contributed by atoms with Gasteiger partial charge in [0, 0.05) is 36.3 Å². The number of aromatic nitrogens is 2. The minimum atomic E-state index is -4.37. The van der Waals surface area contributed by atoms with Crippen LogP contribution in [0.25, 0.3) is 10.2 Å². The van der Waals surface area contributed by atoms with Crippen molar-refractivity contribution in [1.29, 1.82) is 0 Å². The zero-order valence-electron chi connectivity index (χ0n) is 16.7. The van der Waals surface area contributed by atoms with Crippen LogP contribution >= 0.6 is 11.3 Å². The van der Waals surface area contributed by atoms with Crippen LogP contribution < -0.4 is 5.32 Å². The Morgan fingerprint density at radius 2 is 1.90 bits per heavy atom. The summed E-state index contributed by atoms with van der Waals surface area (Å²) in [6.07, 6.45) is -2.05. The van der Waals surface area contributed by atoms with Crippen LogP contribution in [-0.2, 0) is 19.1 Å². The summed E-state index contributed by atoms with van der Waals surface area (Å²) in [5, 5.41) is 2.92. The summed E-state index contributed by atoms with van der Waals surface area (Å²) in [5.41, 5.74) is 2.28. The Bertz CT molecular complexity index is 1190. The van der Waals surface area contributed by atoms with Crippen molar-refractivity contribution in [3.05, 3.63) is 88.2 Å². The van der Waals surface area contributed by atoms with Gasteiger partial charge in [0.1, 0.15) is 5.69 Å². The summed E-state index contributed by atoms with van der Waals surface area (Å²) in [5.74, 6) is -0.219. The van der Waals surface area contributed by atoms with E-state index in [4.69, 9.17) is 0 Å². The number of thiophene rings is 1. The third kappa shape index (κ3) is 4.80. The van der Waals surface area contributed by atoms with Gasteiger partial charge in [0.25, 0.3) is 5.91 Å². The molecule has 1 aromatic carbocycles. The van der Waals surface area contributed by atoms with Gasteiger partial charge in [0.05, 0.1) is 15.8 Å². The lowest BCUT2D eigenvalue weighted by molar-refractivity contribution is -0.137. The average Bonchev–Trinajstić information content (AvgIpc) is 3.25. The molecule has 1 N–H and O–H groups in total. The molecule has 0 saturated heterocycles. The zero-order chi connectivity index (χ0) is 22.0. The van der Waals surface area contributed by atoms with E-state index in [0.29, 0.717) is 30.8 Å². The molecule has 0 radical (unpaired) electrons. The number of carbonyl (C=O) groups excluding carboxylic acids is 1. The highest BCUT2D eigenvalue weighted by molar-refractivity contribution is 7.19. The van der Waals surface area contributed by atoms with Gasteiger partial charge in [0.2, 0.25) is 0 Å².